The molecule has 2 aromatic rings. The topological polar surface area (TPSA) is 80.1 Å². The van der Waals surface area contributed by atoms with Gasteiger partial charge in [-0.25, -0.2) is 4.98 Å². The van der Waals surface area contributed by atoms with Crippen molar-refractivity contribution in [1.29, 1.82) is 0 Å². The van der Waals surface area contributed by atoms with Gasteiger partial charge in [0, 0.05) is 12.6 Å². The molecule has 0 spiro atoms. The van der Waals surface area contributed by atoms with E-state index >= 15 is 0 Å². The van der Waals surface area contributed by atoms with E-state index in [2.05, 4.69) is 15.6 Å². The molecule has 1 atom stereocenters. The maximum absolute atomic E-state index is 11.3. The fraction of sp³-hybridized carbons (Fsp3) is 0.462. The summed E-state index contributed by atoms with van der Waals surface area (Å²) in [7, 11) is 0. The number of benzene rings is 1. The van der Waals surface area contributed by atoms with Gasteiger partial charge < -0.3 is 10.6 Å². The third-order valence-electron chi connectivity index (χ3n) is 3.63. The zero-order valence-electron chi connectivity index (χ0n) is 11.0. The van der Waals surface area contributed by atoms with Crippen LogP contribution in [0.4, 0.5) is 11.4 Å². The number of rotatable bonds is 5. The number of nitrogens with one attached hydrogen (secondary N) is 2. The van der Waals surface area contributed by atoms with Crippen molar-refractivity contribution in [2.45, 2.75) is 25.3 Å². The van der Waals surface area contributed by atoms with Gasteiger partial charge in [-0.15, -0.1) is 11.3 Å². The van der Waals surface area contributed by atoms with E-state index in [4.69, 9.17) is 0 Å². The van der Waals surface area contributed by atoms with E-state index in [-0.39, 0.29) is 10.6 Å². The zero-order valence-corrected chi connectivity index (χ0v) is 11.8. The first-order chi connectivity index (χ1) is 9.75. The molecule has 20 heavy (non-hydrogen) atoms. The fourth-order valence-corrected chi connectivity index (χ4v) is 3.31. The minimum absolute atomic E-state index is 0.0862. The molecule has 7 heteroatoms. The van der Waals surface area contributed by atoms with E-state index < -0.39 is 0 Å². The highest BCUT2D eigenvalue weighted by Gasteiger charge is 2.21. The van der Waals surface area contributed by atoms with E-state index in [0.717, 1.165) is 24.2 Å². The molecule has 1 saturated heterocycles. The first-order valence-corrected chi connectivity index (χ1v) is 7.61. The van der Waals surface area contributed by atoms with Crippen molar-refractivity contribution in [2.75, 3.05) is 18.4 Å². The Morgan fingerprint density at radius 2 is 2.45 bits per heavy atom. The molecule has 3 rings (SSSR count). The van der Waals surface area contributed by atoms with Crippen molar-refractivity contribution >= 4 is 32.9 Å². The second kappa shape index (κ2) is 5.72. The molecule has 0 bridgehead atoms. The van der Waals surface area contributed by atoms with E-state index in [0.29, 0.717) is 17.2 Å². The molecular weight excluding hydrogens is 276 g/mol. The van der Waals surface area contributed by atoms with E-state index in [9.17, 15) is 10.1 Å². The number of fused-ring (bicyclic) bond motifs is 1. The quantitative estimate of drug-likeness (QED) is 0.654. The molecule has 1 aliphatic heterocycles. The highest BCUT2D eigenvalue weighted by Crippen LogP contribution is 2.34. The lowest BCUT2D eigenvalue weighted by atomic mass is 10.1. The summed E-state index contributed by atoms with van der Waals surface area (Å²) in [5.74, 6) is 0. The maximum atomic E-state index is 11.3. The van der Waals surface area contributed by atoms with E-state index in [1.54, 1.807) is 11.6 Å². The normalized spacial score (nSPS) is 18.5. The Hall–Kier alpha value is -1.73. The van der Waals surface area contributed by atoms with Crippen LogP contribution in [0.25, 0.3) is 10.2 Å². The number of nitro groups is 1. The molecule has 0 aliphatic carbocycles. The Morgan fingerprint density at radius 3 is 3.20 bits per heavy atom. The number of nitrogens with zero attached hydrogens (tertiary/aromatic N) is 2. The van der Waals surface area contributed by atoms with Crippen LogP contribution in [0.3, 0.4) is 0 Å². The summed E-state index contributed by atoms with van der Waals surface area (Å²) in [6, 6.07) is 4.20. The van der Waals surface area contributed by atoms with Crippen molar-refractivity contribution in [3.05, 3.63) is 27.8 Å². The van der Waals surface area contributed by atoms with Crippen molar-refractivity contribution in [3.8, 4) is 0 Å². The lowest BCUT2D eigenvalue weighted by molar-refractivity contribution is -0.382. The summed E-state index contributed by atoms with van der Waals surface area (Å²) in [6.45, 7) is 1.81. The summed E-state index contributed by atoms with van der Waals surface area (Å²) < 4.78 is 0.847. The van der Waals surface area contributed by atoms with Gasteiger partial charge in [0.25, 0.3) is 0 Å². The minimum atomic E-state index is -0.349. The van der Waals surface area contributed by atoms with Crippen LogP contribution in [-0.2, 0) is 0 Å². The standard InChI is InChI=1S/C13H16N4O2S/c18-17(19)13-10(3-4-11-12(13)16-8-20-11)15-7-5-9-2-1-6-14-9/h3-4,8-9,14-15H,1-2,5-7H2/t9-/m1/s1. The van der Waals surface area contributed by atoms with Gasteiger partial charge in [-0.05, 0) is 37.9 Å². The first kappa shape index (κ1) is 13.3. The van der Waals surface area contributed by atoms with Crippen molar-refractivity contribution < 1.29 is 4.92 Å². The van der Waals surface area contributed by atoms with Crippen LogP contribution in [0.15, 0.2) is 17.6 Å². The first-order valence-electron chi connectivity index (χ1n) is 6.73. The Kier molecular flexibility index (Phi) is 3.79. The van der Waals surface area contributed by atoms with E-state index in [1.807, 2.05) is 6.07 Å². The van der Waals surface area contributed by atoms with Gasteiger partial charge in [-0.3, -0.25) is 10.1 Å². The van der Waals surface area contributed by atoms with Gasteiger partial charge in [-0.2, -0.15) is 0 Å². The molecule has 0 radical (unpaired) electrons. The largest absolute Gasteiger partial charge is 0.379 e. The molecule has 1 aromatic heterocycles. The SMILES string of the molecule is O=[N+]([O-])c1c(NCC[C@H]2CCCN2)ccc2scnc12. The van der Waals surface area contributed by atoms with Crippen molar-refractivity contribution in [1.82, 2.24) is 10.3 Å². The lowest BCUT2D eigenvalue weighted by Gasteiger charge is -2.11. The molecule has 0 saturated carbocycles. The van der Waals surface area contributed by atoms with Crippen LogP contribution < -0.4 is 10.6 Å². The minimum Gasteiger partial charge on any atom is -0.379 e. The molecule has 2 heterocycles. The lowest BCUT2D eigenvalue weighted by Crippen LogP contribution is -2.24. The summed E-state index contributed by atoms with van der Waals surface area (Å²) in [5, 5.41) is 17.9. The predicted molar refractivity (Wildman–Crippen MR) is 80.4 cm³/mol. The van der Waals surface area contributed by atoms with Crippen LogP contribution in [-0.4, -0.2) is 29.0 Å². The Bertz CT molecular complexity index is 622. The summed E-state index contributed by atoms with van der Waals surface area (Å²) in [4.78, 5) is 15.0. The predicted octanol–water partition coefficient (Wildman–Crippen LogP) is 2.76. The average molecular weight is 292 g/mol. The number of hydrogen-bond acceptors (Lipinski definition) is 6. The highest BCUT2D eigenvalue weighted by atomic mass is 32.1. The number of hydrogen-bond donors (Lipinski definition) is 2. The van der Waals surface area contributed by atoms with Crippen LogP contribution in [0.5, 0.6) is 0 Å². The fourth-order valence-electron chi connectivity index (χ4n) is 2.63. The summed E-state index contributed by atoms with van der Waals surface area (Å²) in [5.41, 5.74) is 2.77. The Labute approximate surface area is 120 Å². The average Bonchev–Trinajstić information content (AvgIpc) is 3.07. The van der Waals surface area contributed by atoms with Gasteiger partial charge in [0.2, 0.25) is 0 Å². The van der Waals surface area contributed by atoms with Gasteiger partial charge in [0.15, 0.2) is 5.52 Å². The van der Waals surface area contributed by atoms with Crippen molar-refractivity contribution in [3.63, 3.8) is 0 Å². The van der Waals surface area contributed by atoms with E-state index in [1.165, 1.54) is 24.2 Å². The zero-order chi connectivity index (χ0) is 13.9. The van der Waals surface area contributed by atoms with Gasteiger partial charge in [0.1, 0.15) is 5.69 Å². The van der Waals surface area contributed by atoms with Crippen LogP contribution >= 0.6 is 11.3 Å². The third-order valence-corrected chi connectivity index (χ3v) is 4.42. The maximum Gasteiger partial charge on any atom is 0.319 e. The molecule has 1 aromatic carbocycles. The highest BCUT2D eigenvalue weighted by molar-refractivity contribution is 7.16. The molecule has 2 N–H and O–H groups in total. The van der Waals surface area contributed by atoms with Crippen LogP contribution in [0, 0.1) is 10.1 Å². The second-order valence-electron chi connectivity index (χ2n) is 4.93. The molecular formula is C13H16N4O2S. The van der Waals surface area contributed by atoms with Crippen LogP contribution in [0.2, 0.25) is 0 Å². The number of anilines is 1. The molecule has 1 aliphatic rings. The van der Waals surface area contributed by atoms with Gasteiger partial charge in [0.05, 0.1) is 15.1 Å². The third kappa shape index (κ3) is 2.59. The van der Waals surface area contributed by atoms with Gasteiger partial charge >= 0.3 is 5.69 Å². The number of thiazole rings is 1. The molecule has 6 nitrogen and oxygen atoms in total. The van der Waals surface area contributed by atoms with Gasteiger partial charge in [-0.1, -0.05) is 0 Å². The molecule has 1 fully saturated rings. The summed E-state index contributed by atoms with van der Waals surface area (Å²) in [6.07, 6.45) is 3.39. The molecule has 0 unspecified atom stereocenters. The van der Waals surface area contributed by atoms with Crippen molar-refractivity contribution in [2.24, 2.45) is 0 Å². The Morgan fingerprint density at radius 1 is 1.55 bits per heavy atom. The molecule has 106 valence electrons. The number of nitro benzene ring substituents is 1. The Balaban J connectivity index is 1.76. The monoisotopic (exact) mass is 292 g/mol. The second-order valence-corrected chi connectivity index (χ2v) is 5.81. The molecule has 0 amide bonds. The summed E-state index contributed by atoms with van der Waals surface area (Å²) >= 11 is 1.42. The number of aromatic nitrogens is 1. The smallest absolute Gasteiger partial charge is 0.319 e. The van der Waals surface area contributed by atoms with Crippen LogP contribution in [0.1, 0.15) is 19.3 Å².